The van der Waals surface area contributed by atoms with E-state index in [0.29, 0.717) is 10.6 Å². The van der Waals surface area contributed by atoms with Crippen molar-refractivity contribution in [3.05, 3.63) is 45.8 Å². The van der Waals surface area contributed by atoms with Crippen molar-refractivity contribution < 1.29 is 27.8 Å². The highest BCUT2D eigenvalue weighted by Gasteiger charge is 2.31. The molecule has 1 heterocycles. The molecule has 0 bridgehead atoms. The lowest BCUT2D eigenvalue weighted by molar-refractivity contribution is -0.0498. The predicted molar refractivity (Wildman–Crippen MR) is 103 cm³/mol. The van der Waals surface area contributed by atoms with Crippen molar-refractivity contribution in [2.75, 3.05) is 11.9 Å². The number of halogens is 2. The van der Waals surface area contributed by atoms with E-state index >= 15 is 0 Å². The molecule has 0 radical (unpaired) electrons. The van der Waals surface area contributed by atoms with Crippen LogP contribution in [0.2, 0.25) is 0 Å². The van der Waals surface area contributed by atoms with Gasteiger partial charge in [-0.25, -0.2) is 4.79 Å². The van der Waals surface area contributed by atoms with Gasteiger partial charge < -0.3 is 14.8 Å². The summed E-state index contributed by atoms with van der Waals surface area (Å²) in [5, 5.41) is 3.19. The maximum atomic E-state index is 12.7. The third kappa shape index (κ3) is 4.32. The van der Waals surface area contributed by atoms with Crippen LogP contribution < -0.4 is 10.1 Å². The lowest BCUT2D eigenvalue weighted by atomic mass is 9.86. The molecule has 1 aromatic heterocycles. The number of alkyl halides is 2. The molecule has 3 rings (SSSR count). The van der Waals surface area contributed by atoms with Crippen LogP contribution in [0, 0.1) is 0 Å². The van der Waals surface area contributed by atoms with Gasteiger partial charge in [-0.3, -0.25) is 4.79 Å². The van der Waals surface area contributed by atoms with Gasteiger partial charge in [-0.2, -0.15) is 8.78 Å². The van der Waals surface area contributed by atoms with E-state index in [1.54, 1.807) is 6.92 Å². The predicted octanol–water partition coefficient (Wildman–Crippen LogP) is 5.22. The number of ether oxygens (including phenoxy) is 2. The Labute approximate surface area is 165 Å². The molecule has 28 heavy (non-hydrogen) atoms. The third-order valence-corrected chi connectivity index (χ3v) is 5.76. The molecule has 5 nitrogen and oxygen atoms in total. The van der Waals surface area contributed by atoms with Crippen molar-refractivity contribution in [3.8, 4) is 5.75 Å². The van der Waals surface area contributed by atoms with E-state index in [1.165, 1.54) is 35.6 Å². The Kier molecular flexibility index (Phi) is 6.28. The number of thiophene rings is 1. The van der Waals surface area contributed by atoms with Crippen LogP contribution in [0.3, 0.4) is 0 Å². The maximum absolute atomic E-state index is 12.7. The van der Waals surface area contributed by atoms with Crippen LogP contribution in [0.15, 0.2) is 24.3 Å². The van der Waals surface area contributed by atoms with Crippen LogP contribution in [0.25, 0.3) is 0 Å². The normalized spacial score (nSPS) is 15.8. The van der Waals surface area contributed by atoms with Crippen LogP contribution in [-0.2, 0) is 11.2 Å². The minimum Gasteiger partial charge on any atom is -0.462 e. The van der Waals surface area contributed by atoms with Gasteiger partial charge >= 0.3 is 12.6 Å². The van der Waals surface area contributed by atoms with Crippen LogP contribution in [0.4, 0.5) is 13.8 Å². The van der Waals surface area contributed by atoms with Crippen LogP contribution in [0.5, 0.6) is 5.75 Å². The number of hydrogen-bond donors (Lipinski definition) is 1. The van der Waals surface area contributed by atoms with Gasteiger partial charge in [0.1, 0.15) is 10.8 Å². The summed E-state index contributed by atoms with van der Waals surface area (Å²) in [5.74, 6) is -0.865. The van der Waals surface area contributed by atoms with Crippen molar-refractivity contribution in [3.63, 3.8) is 0 Å². The lowest BCUT2D eigenvalue weighted by Crippen LogP contribution is -2.16. The Bertz CT molecular complexity index is 881. The molecule has 0 aliphatic heterocycles. The summed E-state index contributed by atoms with van der Waals surface area (Å²) in [5.41, 5.74) is 1.51. The number of anilines is 1. The Morgan fingerprint density at radius 3 is 2.86 bits per heavy atom. The van der Waals surface area contributed by atoms with E-state index in [-0.39, 0.29) is 23.8 Å². The minimum atomic E-state index is -2.97. The van der Waals surface area contributed by atoms with E-state index < -0.39 is 18.5 Å². The maximum Gasteiger partial charge on any atom is 0.387 e. The Morgan fingerprint density at radius 1 is 1.36 bits per heavy atom. The smallest absolute Gasteiger partial charge is 0.387 e. The molecule has 1 unspecified atom stereocenters. The second-order valence-corrected chi connectivity index (χ2v) is 7.62. The summed E-state index contributed by atoms with van der Waals surface area (Å²) in [6, 6.07) is 5.54. The van der Waals surface area contributed by atoms with E-state index in [0.717, 1.165) is 29.7 Å². The van der Waals surface area contributed by atoms with Gasteiger partial charge in [0.05, 0.1) is 12.2 Å². The first-order valence-corrected chi connectivity index (χ1v) is 9.91. The number of carbonyl (C=O) groups is 2. The van der Waals surface area contributed by atoms with Gasteiger partial charge in [-0.1, -0.05) is 13.0 Å². The topological polar surface area (TPSA) is 64.6 Å². The number of carbonyl (C=O) groups excluding carboxylic acids is 2. The highest BCUT2D eigenvalue weighted by atomic mass is 32.1. The molecule has 1 N–H and O–H groups in total. The van der Waals surface area contributed by atoms with Crippen LogP contribution >= 0.6 is 11.3 Å². The lowest BCUT2D eigenvalue weighted by Gasteiger charge is -2.19. The molecule has 0 spiro atoms. The highest BCUT2D eigenvalue weighted by molar-refractivity contribution is 7.17. The fourth-order valence-electron chi connectivity index (χ4n) is 3.39. The van der Waals surface area contributed by atoms with Crippen molar-refractivity contribution >= 4 is 28.2 Å². The number of fused-ring (bicyclic) bond motifs is 1. The first kappa shape index (κ1) is 20.3. The van der Waals surface area contributed by atoms with Gasteiger partial charge in [-0.15, -0.1) is 11.3 Å². The molecule has 1 atom stereocenters. The van der Waals surface area contributed by atoms with E-state index in [4.69, 9.17) is 4.74 Å². The highest BCUT2D eigenvalue weighted by Crippen LogP contribution is 2.43. The van der Waals surface area contributed by atoms with E-state index in [2.05, 4.69) is 17.0 Å². The number of benzene rings is 1. The van der Waals surface area contributed by atoms with E-state index in [9.17, 15) is 18.4 Å². The molecular weight excluding hydrogens is 388 g/mol. The number of rotatable bonds is 6. The number of nitrogens with one attached hydrogen (secondary N) is 1. The second-order valence-electron chi connectivity index (χ2n) is 6.52. The molecule has 0 saturated heterocycles. The van der Waals surface area contributed by atoms with Gasteiger partial charge in [0.2, 0.25) is 0 Å². The van der Waals surface area contributed by atoms with E-state index in [1.807, 2.05) is 0 Å². The molecule has 2 aromatic rings. The standard InChI is InChI=1S/C20H21F2NO4S/c1-3-26-19(25)16-15-11(2)6-4-9-14(15)28-18(16)23-17(24)12-7-5-8-13(10-12)27-20(21)22/h5,7-8,10-11,20H,3-4,6,9H2,1-2H3,(H,23,24). The zero-order valence-corrected chi connectivity index (χ0v) is 16.4. The monoisotopic (exact) mass is 409 g/mol. The zero-order valence-electron chi connectivity index (χ0n) is 15.6. The average Bonchev–Trinajstić information content (AvgIpc) is 3.01. The third-order valence-electron chi connectivity index (χ3n) is 4.58. The fraction of sp³-hybridized carbons (Fsp3) is 0.400. The summed E-state index contributed by atoms with van der Waals surface area (Å²) in [6.07, 6.45) is 2.85. The van der Waals surface area contributed by atoms with Gasteiger partial charge in [0.25, 0.3) is 5.91 Å². The fourth-order valence-corrected chi connectivity index (χ4v) is 4.74. The first-order chi connectivity index (χ1) is 13.4. The molecule has 0 fully saturated rings. The number of aryl methyl sites for hydroxylation is 1. The first-order valence-electron chi connectivity index (χ1n) is 9.09. The Balaban J connectivity index is 1.91. The van der Waals surface area contributed by atoms with Crippen molar-refractivity contribution in [2.45, 2.75) is 45.6 Å². The van der Waals surface area contributed by atoms with Crippen LogP contribution in [-0.4, -0.2) is 25.1 Å². The molecule has 0 saturated carbocycles. The molecule has 150 valence electrons. The molecular formula is C20H21F2NO4S. The SMILES string of the molecule is CCOC(=O)c1c(NC(=O)c2cccc(OC(F)F)c2)sc2c1C(C)CCC2. The average molecular weight is 409 g/mol. The zero-order chi connectivity index (χ0) is 20.3. The summed E-state index contributed by atoms with van der Waals surface area (Å²) >= 11 is 1.37. The van der Waals surface area contributed by atoms with Crippen molar-refractivity contribution in [1.82, 2.24) is 0 Å². The summed E-state index contributed by atoms with van der Waals surface area (Å²) < 4.78 is 34.4. The van der Waals surface area contributed by atoms with Gasteiger partial charge in [0.15, 0.2) is 0 Å². The van der Waals surface area contributed by atoms with Gasteiger partial charge in [-0.05, 0) is 55.9 Å². The Morgan fingerprint density at radius 2 is 2.14 bits per heavy atom. The number of esters is 1. The van der Waals surface area contributed by atoms with Crippen molar-refractivity contribution in [2.24, 2.45) is 0 Å². The quantitative estimate of drug-likeness (QED) is 0.665. The van der Waals surface area contributed by atoms with Crippen molar-refractivity contribution in [1.29, 1.82) is 0 Å². The molecule has 1 aliphatic rings. The minimum absolute atomic E-state index is 0.104. The second kappa shape index (κ2) is 8.68. The Hall–Kier alpha value is -2.48. The molecule has 8 heteroatoms. The summed E-state index contributed by atoms with van der Waals surface area (Å²) in [7, 11) is 0. The molecule has 1 aliphatic carbocycles. The number of hydrogen-bond acceptors (Lipinski definition) is 5. The van der Waals surface area contributed by atoms with Gasteiger partial charge in [0, 0.05) is 10.4 Å². The number of amides is 1. The summed E-state index contributed by atoms with van der Waals surface area (Å²) in [4.78, 5) is 26.3. The molecule has 1 aromatic carbocycles. The van der Waals surface area contributed by atoms with Crippen LogP contribution in [0.1, 0.15) is 63.8 Å². The summed E-state index contributed by atoms with van der Waals surface area (Å²) in [6.45, 7) is 1.05. The largest absolute Gasteiger partial charge is 0.462 e. The molecule has 1 amide bonds.